The Kier molecular flexibility index (Phi) is 6.60. The van der Waals surface area contributed by atoms with Crippen molar-refractivity contribution in [2.75, 3.05) is 12.4 Å². The van der Waals surface area contributed by atoms with Crippen molar-refractivity contribution < 1.29 is 19.1 Å². The molecule has 9 nitrogen and oxygen atoms in total. The molecule has 0 aromatic carbocycles. The summed E-state index contributed by atoms with van der Waals surface area (Å²) < 4.78 is 4.86. The number of hydrogen-bond donors (Lipinski definition) is 2. The molecule has 0 radical (unpaired) electrons. The maximum Gasteiger partial charge on any atom is 0.341 e. The molecule has 11 heteroatoms. The molecule has 0 spiro atoms. The largest absolute Gasteiger partial charge is 0.465 e. The molecule has 2 aromatic heterocycles. The number of anilines is 1. The summed E-state index contributed by atoms with van der Waals surface area (Å²) in [5.41, 5.74) is 1.22. The molecule has 152 valence electrons. The normalized spacial score (nSPS) is 17.3. The van der Waals surface area contributed by atoms with Crippen LogP contribution in [0.15, 0.2) is 23.5 Å². The van der Waals surface area contributed by atoms with Gasteiger partial charge in [-0.05, 0) is 25.0 Å². The van der Waals surface area contributed by atoms with E-state index in [1.807, 2.05) is 13.8 Å². The minimum atomic E-state index is -0.634. The average molecular weight is 434 g/mol. The SMILES string of the molecule is CCc1c(C)sc(NC(=O)CC2S/C(=N\c3ncccn3)NC2=O)c1C(=O)OC. The summed E-state index contributed by atoms with van der Waals surface area (Å²) in [5, 5.41) is 5.52. The van der Waals surface area contributed by atoms with E-state index in [2.05, 4.69) is 25.6 Å². The number of hydrogen-bond acceptors (Lipinski definition) is 9. The molecule has 1 aliphatic rings. The standard InChI is InChI=1S/C18H19N5O4S2/c1-4-10-9(2)28-15(13(10)16(26)27-3)21-12(24)8-11-14(25)22-18(29-11)23-17-19-6-5-7-20-17/h5-7,11H,4,8H2,1-3H3,(H,21,24)(H,19,20,22,23,25). The molecule has 1 unspecified atom stereocenters. The number of thiophene rings is 1. The molecular formula is C18H19N5O4S2. The molecule has 2 aromatic rings. The zero-order valence-electron chi connectivity index (χ0n) is 16.0. The Balaban J connectivity index is 1.69. The molecule has 1 atom stereocenters. The first-order valence-corrected chi connectivity index (χ1v) is 10.5. The van der Waals surface area contributed by atoms with E-state index in [0.29, 0.717) is 22.2 Å². The molecule has 2 N–H and O–H groups in total. The second-order valence-electron chi connectivity index (χ2n) is 6.00. The van der Waals surface area contributed by atoms with Gasteiger partial charge in [-0.3, -0.25) is 9.59 Å². The van der Waals surface area contributed by atoms with Gasteiger partial charge in [-0.15, -0.1) is 11.3 Å². The molecule has 2 amide bonds. The summed E-state index contributed by atoms with van der Waals surface area (Å²) in [6.07, 6.45) is 3.67. The third kappa shape index (κ3) is 4.80. The second-order valence-corrected chi connectivity index (χ2v) is 8.42. The third-order valence-electron chi connectivity index (χ3n) is 4.11. The van der Waals surface area contributed by atoms with Gasteiger partial charge >= 0.3 is 5.97 Å². The molecule has 1 fully saturated rings. The smallest absolute Gasteiger partial charge is 0.341 e. The van der Waals surface area contributed by atoms with Crippen molar-refractivity contribution in [3.8, 4) is 0 Å². The fourth-order valence-electron chi connectivity index (χ4n) is 2.79. The molecule has 1 aliphatic heterocycles. The number of nitrogens with zero attached hydrogens (tertiary/aromatic N) is 3. The number of rotatable bonds is 6. The Bertz CT molecular complexity index is 974. The van der Waals surface area contributed by atoms with Crippen LogP contribution in [0.5, 0.6) is 0 Å². The molecule has 0 aliphatic carbocycles. The number of nitrogens with one attached hydrogen (secondary N) is 2. The lowest BCUT2D eigenvalue weighted by atomic mass is 10.1. The Morgan fingerprint density at radius 2 is 2.07 bits per heavy atom. The van der Waals surface area contributed by atoms with Gasteiger partial charge in [0, 0.05) is 23.7 Å². The highest BCUT2D eigenvalue weighted by atomic mass is 32.2. The van der Waals surface area contributed by atoms with E-state index in [1.54, 1.807) is 18.5 Å². The Morgan fingerprint density at radius 1 is 1.34 bits per heavy atom. The molecule has 3 heterocycles. The van der Waals surface area contributed by atoms with Gasteiger partial charge in [0.2, 0.25) is 11.8 Å². The van der Waals surface area contributed by atoms with E-state index in [0.717, 1.165) is 22.2 Å². The van der Waals surface area contributed by atoms with E-state index >= 15 is 0 Å². The van der Waals surface area contributed by atoms with Gasteiger partial charge in [0.1, 0.15) is 10.3 Å². The van der Waals surface area contributed by atoms with Gasteiger partial charge < -0.3 is 15.4 Å². The molecular weight excluding hydrogens is 414 g/mol. The van der Waals surface area contributed by atoms with Gasteiger partial charge in [0.15, 0.2) is 5.17 Å². The maximum absolute atomic E-state index is 12.5. The minimum absolute atomic E-state index is 0.0653. The number of aliphatic imine (C=N–C) groups is 1. The van der Waals surface area contributed by atoms with Crippen LogP contribution in [0, 0.1) is 6.92 Å². The lowest BCUT2D eigenvalue weighted by Gasteiger charge is -2.08. The Labute approximate surface area is 175 Å². The topological polar surface area (TPSA) is 123 Å². The number of aromatic nitrogens is 2. The molecule has 3 rings (SSSR count). The van der Waals surface area contributed by atoms with Crippen LogP contribution in [0.4, 0.5) is 10.9 Å². The number of thioether (sulfide) groups is 1. The highest BCUT2D eigenvalue weighted by molar-refractivity contribution is 8.15. The first kappa shape index (κ1) is 20.9. The van der Waals surface area contributed by atoms with E-state index < -0.39 is 11.2 Å². The van der Waals surface area contributed by atoms with E-state index in [4.69, 9.17) is 4.74 Å². The summed E-state index contributed by atoms with van der Waals surface area (Å²) in [6.45, 7) is 3.82. The summed E-state index contributed by atoms with van der Waals surface area (Å²) in [7, 11) is 1.30. The molecule has 1 saturated heterocycles. The summed E-state index contributed by atoms with van der Waals surface area (Å²) in [4.78, 5) is 49.9. The summed E-state index contributed by atoms with van der Waals surface area (Å²) >= 11 is 2.46. The first-order chi connectivity index (χ1) is 13.9. The molecule has 0 saturated carbocycles. The van der Waals surface area contributed by atoms with E-state index in [9.17, 15) is 14.4 Å². The van der Waals surface area contributed by atoms with Crippen LogP contribution in [0.1, 0.15) is 34.1 Å². The number of ether oxygens (including phenoxy) is 1. The number of carbonyl (C=O) groups is 3. The fraction of sp³-hybridized carbons (Fsp3) is 0.333. The Hall–Kier alpha value is -2.79. The quantitative estimate of drug-likeness (QED) is 0.671. The first-order valence-electron chi connectivity index (χ1n) is 8.76. The number of amides is 2. The van der Waals surface area contributed by atoms with Crippen LogP contribution < -0.4 is 10.6 Å². The average Bonchev–Trinajstić information content (AvgIpc) is 3.20. The van der Waals surface area contributed by atoms with Crippen molar-refractivity contribution in [2.24, 2.45) is 4.99 Å². The van der Waals surface area contributed by atoms with Crippen LogP contribution in [0.3, 0.4) is 0 Å². The number of amidine groups is 1. The van der Waals surface area contributed by atoms with Gasteiger partial charge in [0.25, 0.3) is 5.95 Å². The van der Waals surface area contributed by atoms with Gasteiger partial charge in [-0.1, -0.05) is 18.7 Å². The van der Waals surface area contributed by atoms with Crippen molar-refractivity contribution in [2.45, 2.75) is 31.9 Å². The van der Waals surface area contributed by atoms with Crippen LogP contribution in [0.2, 0.25) is 0 Å². The van der Waals surface area contributed by atoms with Crippen molar-refractivity contribution in [3.63, 3.8) is 0 Å². The van der Waals surface area contributed by atoms with Crippen molar-refractivity contribution in [3.05, 3.63) is 34.5 Å². The molecule has 29 heavy (non-hydrogen) atoms. The minimum Gasteiger partial charge on any atom is -0.465 e. The number of methoxy groups -OCH3 is 1. The Morgan fingerprint density at radius 3 is 2.72 bits per heavy atom. The lowest BCUT2D eigenvalue weighted by Crippen LogP contribution is -2.28. The van der Waals surface area contributed by atoms with Crippen LogP contribution in [-0.2, 0) is 20.7 Å². The fourth-order valence-corrected chi connectivity index (χ4v) is 4.90. The van der Waals surface area contributed by atoms with E-state index in [-0.39, 0.29) is 24.2 Å². The second kappa shape index (κ2) is 9.14. The van der Waals surface area contributed by atoms with Crippen LogP contribution in [0.25, 0.3) is 0 Å². The van der Waals surface area contributed by atoms with Crippen molar-refractivity contribution in [1.82, 2.24) is 15.3 Å². The third-order valence-corrected chi connectivity index (χ3v) is 6.25. The zero-order chi connectivity index (χ0) is 21.0. The van der Waals surface area contributed by atoms with Gasteiger partial charge in [-0.2, -0.15) is 4.99 Å². The highest BCUT2D eigenvalue weighted by Gasteiger charge is 2.33. The highest BCUT2D eigenvalue weighted by Crippen LogP contribution is 2.34. The number of esters is 1. The number of aryl methyl sites for hydroxylation is 1. The molecule has 0 bridgehead atoms. The van der Waals surface area contributed by atoms with Gasteiger partial charge in [-0.25, -0.2) is 14.8 Å². The zero-order valence-corrected chi connectivity index (χ0v) is 17.6. The predicted octanol–water partition coefficient (Wildman–Crippen LogP) is 2.44. The monoisotopic (exact) mass is 433 g/mol. The van der Waals surface area contributed by atoms with E-state index in [1.165, 1.54) is 18.4 Å². The van der Waals surface area contributed by atoms with Crippen LogP contribution in [-0.4, -0.2) is 45.3 Å². The number of carbonyl (C=O) groups excluding carboxylic acids is 3. The van der Waals surface area contributed by atoms with Gasteiger partial charge in [0.05, 0.1) is 12.7 Å². The summed E-state index contributed by atoms with van der Waals surface area (Å²) in [5.74, 6) is -0.954. The van der Waals surface area contributed by atoms with Crippen molar-refractivity contribution >= 4 is 57.0 Å². The predicted molar refractivity (Wildman–Crippen MR) is 112 cm³/mol. The van der Waals surface area contributed by atoms with Crippen LogP contribution >= 0.6 is 23.1 Å². The lowest BCUT2D eigenvalue weighted by molar-refractivity contribution is -0.122. The summed E-state index contributed by atoms with van der Waals surface area (Å²) in [6, 6.07) is 1.66. The van der Waals surface area contributed by atoms with Crippen molar-refractivity contribution in [1.29, 1.82) is 0 Å². The maximum atomic E-state index is 12.5.